The maximum absolute atomic E-state index is 11.7. The molecule has 1 aromatic carbocycles. The number of rotatable bonds is 5. The quantitative estimate of drug-likeness (QED) is 0.832. The topological polar surface area (TPSA) is 66.9 Å². The number of anilines is 2. The van der Waals surface area contributed by atoms with Gasteiger partial charge in [0.15, 0.2) is 0 Å². The van der Waals surface area contributed by atoms with E-state index in [4.69, 9.17) is 0 Å². The van der Waals surface area contributed by atoms with Gasteiger partial charge < -0.3 is 10.6 Å². The lowest BCUT2D eigenvalue weighted by atomic mass is 10.1. The summed E-state index contributed by atoms with van der Waals surface area (Å²) in [7, 11) is 0. The fourth-order valence-electron chi connectivity index (χ4n) is 2.27. The zero-order valence-electron chi connectivity index (χ0n) is 13.1. The molecule has 0 aliphatic heterocycles. The van der Waals surface area contributed by atoms with E-state index >= 15 is 0 Å². The van der Waals surface area contributed by atoms with Gasteiger partial charge in [-0.3, -0.25) is 4.79 Å². The van der Waals surface area contributed by atoms with Crippen LogP contribution in [0.1, 0.15) is 27.2 Å². The van der Waals surface area contributed by atoms with Crippen LogP contribution in [0.2, 0.25) is 0 Å². The van der Waals surface area contributed by atoms with Crippen molar-refractivity contribution < 1.29 is 4.79 Å². The molecule has 22 heavy (non-hydrogen) atoms. The third kappa shape index (κ3) is 3.69. The molecule has 0 bridgehead atoms. The van der Waals surface area contributed by atoms with Crippen LogP contribution in [0, 0.1) is 20.8 Å². The summed E-state index contributed by atoms with van der Waals surface area (Å²) in [4.78, 5) is 20.1. The minimum atomic E-state index is -0.262. The van der Waals surface area contributed by atoms with Crippen molar-refractivity contribution >= 4 is 17.4 Å². The number of carbonyl (C=O) groups excluding carboxylic acids is 1. The van der Waals surface area contributed by atoms with Gasteiger partial charge in [-0.05, 0) is 31.9 Å². The van der Waals surface area contributed by atoms with Crippen LogP contribution in [0.5, 0.6) is 0 Å². The van der Waals surface area contributed by atoms with Gasteiger partial charge in [0.05, 0.1) is 12.4 Å². The van der Waals surface area contributed by atoms with Crippen LogP contribution >= 0.6 is 0 Å². The number of nitrogens with one attached hydrogen (secondary N) is 2. The van der Waals surface area contributed by atoms with Crippen molar-refractivity contribution in [2.24, 2.45) is 0 Å². The molecule has 0 unspecified atom stereocenters. The lowest BCUT2D eigenvalue weighted by molar-refractivity contribution is 0.0952. The predicted molar refractivity (Wildman–Crippen MR) is 88.5 cm³/mol. The van der Waals surface area contributed by atoms with Crippen LogP contribution in [0.3, 0.4) is 0 Å². The largest absolute Gasteiger partial charge is 0.347 e. The second-order valence-corrected chi connectivity index (χ2v) is 5.18. The van der Waals surface area contributed by atoms with E-state index in [2.05, 4.69) is 46.2 Å². The fourth-order valence-corrected chi connectivity index (χ4v) is 2.27. The molecule has 114 valence electrons. The number of hydrogen-bond acceptors (Lipinski definition) is 4. The molecule has 0 fully saturated rings. The molecule has 1 amide bonds. The standard InChI is InChI=1S/C17H20N4O/c1-5-6-18-17(22)14-9-20-15(10-19-14)21-16-12(3)7-11(2)8-13(16)4/h5,7-10H,1,6H2,2-4H3,(H,18,22)(H,20,21). The van der Waals surface area contributed by atoms with Crippen molar-refractivity contribution in [3.05, 3.63) is 59.6 Å². The number of hydrogen-bond donors (Lipinski definition) is 2. The van der Waals surface area contributed by atoms with E-state index < -0.39 is 0 Å². The van der Waals surface area contributed by atoms with E-state index in [0.29, 0.717) is 12.4 Å². The number of aryl methyl sites for hydroxylation is 3. The van der Waals surface area contributed by atoms with Gasteiger partial charge in [0.1, 0.15) is 11.5 Å². The van der Waals surface area contributed by atoms with Crippen LogP contribution in [-0.4, -0.2) is 22.4 Å². The average Bonchev–Trinajstić information content (AvgIpc) is 2.49. The van der Waals surface area contributed by atoms with E-state index in [1.807, 2.05) is 13.8 Å². The second kappa shape index (κ2) is 6.85. The number of amides is 1. The molecule has 5 nitrogen and oxygen atoms in total. The molecule has 2 rings (SSSR count). The van der Waals surface area contributed by atoms with Crippen molar-refractivity contribution in [2.45, 2.75) is 20.8 Å². The van der Waals surface area contributed by atoms with Gasteiger partial charge in [0, 0.05) is 12.2 Å². The maximum atomic E-state index is 11.7. The summed E-state index contributed by atoms with van der Waals surface area (Å²) in [6, 6.07) is 4.22. The SMILES string of the molecule is C=CCNC(=O)c1cnc(Nc2c(C)cc(C)cc2C)cn1. The Bertz CT molecular complexity index is 669. The van der Waals surface area contributed by atoms with Gasteiger partial charge in [-0.25, -0.2) is 9.97 Å². The lowest BCUT2D eigenvalue weighted by Crippen LogP contribution is -2.24. The van der Waals surface area contributed by atoms with Crippen LogP contribution < -0.4 is 10.6 Å². The zero-order valence-corrected chi connectivity index (χ0v) is 13.1. The fraction of sp³-hybridized carbons (Fsp3) is 0.235. The molecule has 1 aromatic heterocycles. The highest BCUT2D eigenvalue weighted by molar-refractivity contribution is 5.92. The van der Waals surface area contributed by atoms with Crippen LogP contribution in [-0.2, 0) is 0 Å². The molecule has 0 saturated carbocycles. The number of benzene rings is 1. The van der Waals surface area contributed by atoms with Crippen LogP contribution in [0.25, 0.3) is 0 Å². The molecular weight excluding hydrogens is 276 g/mol. The van der Waals surface area contributed by atoms with E-state index in [1.54, 1.807) is 12.3 Å². The molecule has 0 radical (unpaired) electrons. The van der Waals surface area contributed by atoms with E-state index in [-0.39, 0.29) is 11.6 Å². The molecule has 5 heteroatoms. The van der Waals surface area contributed by atoms with Gasteiger partial charge in [-0.1, -0.05) is 23.8 Å². The summed E-state index contributed by atoms with van der Waals surface area (Å²) in [6.07, 6.45) is 4.63. The first kappa shape index (κ1) is 15.7. The second-order valence-electron chi connectivity index (χ2n) is 5.18. The van der Waals surface area contributed by atoms with Gasteiger partial charge in [0.2, 0.25) is 0 Å². The normalized spacial score (nSPS) is 10.1. The summed E-state index contributed by atoms with van der Waals surface area (Å²) in [5.74, 6) is 0.344. The van der Waals surface area contributed by atoms with Gasteiger partial charge in [-0.2, -0.15) is 0 Å². The molecule has 1 heterocycles. The Hall–Kier alpha value is -2.69. The maximum Gasteiger partial charge on any atom is 0.271 e. The minimum Gasteiger partial charge on any atom is -0.347 e. The average molecular weight is 296 g/mol. The Balaban J connectivity index is 2.15. The highest BCUT2D eigenvalue weighted by atomic mass is 16.1. The van der Waals surface area contributed by atoms with E-state index in [1.165, 1.54) is 11.8 Å². The Morgan fingerprint density at radius 3 is 2.41 bits per heavy atom. The van der Waals surface area contributed by atoms with Crippen molar-refractivity contribution in [3.8, 4) is 0 Å². The minimum absolute atomic E-state index is 0.262. The number of aromatic nitrogens is 2. The van der Waals surface area contributed by atoms with Gasteiger partial charge >= 0.3 is 0 Å². The first-order valence-corrected chi connectivity index (χ1v) is 7.07. The smallest absolute Gasteiger partial charge is 0.271 e. The summed E-state index contributed by atoms with van der Waals surface area (Å²) in [6.45, 7) is 10.1. The predicted octanol–water partition coefficient (Wildman–Crippen LogP) is 3.06. The Morgan fingerprint density at radius 1 is 1.18 bits per heavy atom. The lowest BCUT2D eigenvalue weighted by Gasteiger charge is -2.13. The third-order valence-electron chi connectivity index (χ3n) is 3.22. The molecule has 0 spiro atoms. The van der Waals surface area contributed by atoms with Gasteiger partial charge in [-0.15, -0.1) is 6.58 Å². The summed E-state index contributed by atoms with van der Waals surface area (Å²) >= 11 is 0. The van der Waals surface area contributed by atoms with E-state index in [0.717, 1.165) is 16.8 Å². The zero-order chi connectivity index (χ0) is 16.1. The number of carbonyl (C=O) groups is 1. The summed E-state index contributed by atoms with van der Waals surface area (Å²) in [5.41, 5.74) is 4.81. The molecule has 0 aliphatic carbocycles. The Labute approximate surface area is 130 Å². The van der Waals surface area contributed by atoms with E-state index in [9.17, 15) is 4.79 Å². The molecule has 0 aliphatic rings. The molecule has 0 atom stereocenters. The van der Waals surface area contributed by atoms with Crippen molar-refractivity contribution in [3.63, 3.8) is 0 Å². The van der Waals surface area contributed by atoms with Crippen molar-refractivity contribution in [1.82, 2.24) is 15.3 Å². The molecule has 0 saturated heterocycles. The van der Waals surface area contributed by atoms with Crippen molar-refractivity contribution in [1.29, 1.82) is 0 Å². The summed E-state index contributed by atoms with van der Waals surface area (Å²) in [5, 5.41) is 5.92. The van der Waals surface area contributed by atoms with Crippen LogP contribution in [0.15, 0.2) is 37.2 Å². The third-order valence-corrected chi connectivity index (χ3v) is 3.22. The molecule has 2 N–H and O–H groups in total. The molecular formula is C17H20N4O. The van der Waals surface area contributed by atoms with Crippen molar-refractivity contribution in [2.75, 3.05) is 11.9 Å². The Morgan fingerprint density at radius 2 is 1.86 bits per heavy atom. The monoisotopic (exact) mass is 296 g/mol. The first-order valence-electron chi connectivity index (χ1n) is 7.07. The highest BCUT2D eigenvalue weighted by Crippen LogP contribution is 2.24. The highest BCUT2D eigenvalue weighted by Gasteiger charge is 2.08. The Kier molecular flexibility index (Phi) is 4.88. The van der Waals surface area contributed by atoms with Gasteiger partial charge in [0.25, 0.3) is 5.91 Å². The molecule has 2 aromatic rings. The summed E-state index contributed by atoms with van der Waals surface area (Å²) < 4.78 is 0. The number of nitrogens with zero attached hydrogens (tertiary/aromatic N) is 2. The first-order chi connectivity index (χ1) is 10.5. The van der Waals surface area contributed by atoms with Crippen LogP contribution in [0.4, 0.5) is 11.5 Å².